The Kier molecular flexibility index (Phi) is 3.36. The van der Waals surface area contributed by atoms with E-state index in [1.165, 1.54) is 0 Å². The van der Waals surface area contributed by atoms with Crippen LogP contribution in [0.1, 0.15) is 33.1 Å². The molecule has 1 heterocycles. The van der Waals surface area contributed by atoms with Gasteiger partial charge in [0, 0.05) is 0 Å². The molecule has 1 aliphatic heterocycles. The lowest BCUT2D eigenvalue weighted by molar-refractivity contribution is -0.161. The lowest BCUT2D eigenvalue weighted by atomic mass is 9.90. The fraction of sp³-hybridized carbons (Fsp3) is 0.846. The highest BCUT2D eigenvalue weighted by Crippen LogP contribution is 2.40. The smallest absolute Gasteiger partial charge is 0.307 e. The zero-order valence-electron chi connectivity index (χ0n) is 10.9. The Morgan fingerprint density at radius 3 is 2.28 bits per heavy atom. The summed E-state index contributed by atoms with van der Waals surface area (Å²) in [6.07, 6.45) is 2.20. The number of carbonyl (C=O) groups excluding carboxylic acids is 1. The standard InChI is InChI=1S/C13H21NO4/c1-3-8-4-9(10(5-8)12(16)17)11(15)14-6-13(2,18)7-14/h8-10,18H,3-7H2,1-2H3,(H,16,17). The van der Waals surface area contributed by atoms with Gasteiger partial charge in [0.05, 0.1) is 30.5 Å². The molecule has 3 unspecified atom stereocenters. The summed E-state index contributed by atoms with van der Waals surface area (Å²) >= 11 is 0. The second-order valence-corrected chi connectivity index (χ2v) is 5.99. The molecule has 2 N–H and O–H groups in total. The lowest BCUT2D eigenvalue weighted by Gasteiger charge is -2.45. The van der Waals surface area contributed by atoms with E-state index in [4.69, 9.17) is 0 Å². The monoisotopic (exact) mass is 255 g/mol. The molecule has 1 saturated heterocycles. The Balaban J connectivity index is 2.02. The minimum Gasteiger partial charge on any atom is -0.481 e. The summed E-state index contributed by atoms with van der Waals surface area (Å²) in [5, 5.41) is 18.8. The third-order valence-electron chi connectivity index (χ3n) is 4.25. The second kappa shape index (κ2) is 4.53. The van der Waals surface area contributed by atoms with Crippen LogP contribution in [-0.2, 0) is 9.59 Å². The predicted octanol–water partition coefficient (Wildman–Crippen LogP) is 0.717. The van der Waals surface area contributed by atoms with E-state index in [1.807, 2.05) is 6.92 Å². The largest absolute Gasteiger partial charge is 0.481 e. The maximum absolute atomic E-state index is 12.2. The van der Waals surface area contributed by atoms with Crippen molar-refractivity contribution in [3.05, 3.63) is 0 Å². The van der Waals surface area contributed by atoms with Crippen LogP contribution in [0.4, 0.5) is 0 Å². The van der Waals surface area contributed by atoms with E-state index in [2.05, 4.69) is 0 Å². The molecule has 3 atom stereocenters. The highest BCUT2D eigenvalue weighted by Gasteiger charge is 2.48. The summed E-state index contributed by atoms with van der Waals surface area (Å²) in [6.45, 7) is 4.37. The third kappa shape index (κ3) is 2.36. The molecule has 102 valence electrons. The molecule has 5 heteroatoms. The number of carbonyl (C=O) groups is 2. The van der Waals surface area contributed by atoms with Crippen LogP contribution in [0.5, 0.6) is 0 Å². The maximum atomic E-state index is 12.2. The van der Waals surface area contributed by atoms with Crippen molar-refractivity contribution in [2.75, 3.05) is 13.1 Å². The Morgan fingerprint density at radius 1 is 1.28 bits per heavy atom. The van der Waals surface area contributed by atoms with E-state index in [0.717, 1.165) is 6.42 Å². The first-order valence-electron chi connectivity index (χ1n) is 6.58. The minimum atomic E-state index is -0.864. The van der Waals surface area contributed by atoms with Crippen molar-refractivity contribution in [3.63, 3.8) is 0 Å². The number of carboxylic acids is 1. The number of likely N-dealkylation sites (tertiary alicyclic amines) is 1. The van der Waals surface area contributed by atoms with E-state index in [0.29, 0.717) is 31.8 Å². The van der Waals surface area contributed by atoms with Crippen LogP contribution in [0.25, 0.3) is 0 Å². The number of β-amino-alcohol motifs (C(OH)–C–C–N with tert-alkyl or cyclic N) is 1. The van der Waals surface area contributed by atoms with E-state index in [-0.39, 0.29) is 5.91 Å². The van der Waals surface area contributed by atoms with Crippen molar-refractivity contribution in [2.24, 2.45) is 17.8 Å². The molecule has 2 rings (SSSR count). The normalized spacial score (nSPS) is 34.2. The first-order chi connectivity index (χ1) is 8.34. The minimum absolute atomic E-state index is 0.0927. The van der Waals surface area contributed by atoms with Crippen LogP contribution in [0.2, 0.25) is 0 Å². The number of aliphatic hydroxyl groups is 1. The van der Waals surface area contributed by atoms with Crippen molar-refractivity contribution in [2.45, 2.75) is 38.7 Å². The molecule has 5 nitrogen and oxygen atoms in total. The van der Waals surface area contributed by atoms with Crippen LogP contribution in [0.15, 0.2) is 0 Å². The molecular formula is C13H21NO4. The van der Waals surface area contributed by atoms with Gasteiger partial charge in [-0.15, -0.1) is 0 Å². The van der Waals surface area contributed by atoms with Crippen molar-refractivity contribution in [3.8, 4) is 0 Å². The first kappa shape index (κ1) is 13.3. The van der Waals surface area contributed by atoms with Gasteiger partial charge in [0.2, 0.25) is 5.91 Å². The summed E-state index contributed by atoms with van der Waals surface area (Å²) in [6, 6.07) is 0. The van der Waals surface area contributed by atoms with E-state index >= 15 is 0 Å². The van der Waals surface area contributed by atoms with E-state index in [1.54, 1.807) is 11.8 Å². The van der Waals surface area contributed by atoms with Crippen LogP contribution in [0.3, 0.4) is 0 Å². The number of nitrogens with zero attached hydrogens (tertiary/aromatic N) is 1. The molecule has 1 saturated carbocycles. The van der Waals surface area contributed by atoms with E-state index in [9.17, 15) is 19.8 Å². The van der Waals surface area contributed by atoms with Gasteiger partial charge in [-0.1, -0.05) is 13.3 Å². The van der Waals surface area contributed by atoms with Gasteiger partial charge in [0.15, 0.2) is 0 Å². The summed E-state index contributed by atoms with van der Waals surface area (Å²) < 4.78 is 0. The molecule has 0 bridgehead atoms. The number of hydrogen-bond acceptors (Lipinski definition) is 3. The molecule has 2 fully saturated rings. The van der Waals surface area contributed by atoms with Crippen LogP contribution >= 0.6 is 0 Å². The Morgan fingerprint density at radius 2 is 1.83 bits per heavy atom. The zero-order chi connectivity index (χ0) is 13.5. The first-order valence-corrected chi connectivity index (χ1v) is 6.58. The molecular weight excluding hydrogens is 234 g/mol. The van der Waals surface area contributed by atoms with E-state index < -0.39 is 23.4 Å². The number of carboxylic acid groups (broad SMARTS) is 1. The predicted molar refractivity (Wildman–Crippen MR) is 64.8 cm³/mol. The molecule has 1 aliphatic carbocycles. The van der Waals surface area contributed by atoms with Gasteiger partial charge in [0.1, 0.15) is 0 Å². The lowest BCUT2D eigenvalue weighted by Crippen LogP contribution is -2.63. The van der Waals surface area contributed by atoms with Gasteiger partial charge in [-0.3, -0.25) is 9.59 Å². The highest BCUT2D eigenvalue weighted by atomic mass is 16.4. The zero-order valence-corrected chi connectivity index (χ0v) is 10.9. The summed E-state index contributed by atoms with van der Waals surface area (Å²) in [7, 11) is 0. The average molecular weight is 255 g/mol. The quantitative estimate of drug-likeness (QED) is 0.779. The summed E-state index contributed by atoms with van der Waals surface area (Å²) in [4.78, 5) is 25.0. The second-order valence-electron chi connectivity index (χ2n) is 5.99. The van der Waals surface area contributed by atoms with Gasteiger partial charge >= 0.3 is 5.97 Å². The molecule has 1 amide bonds. The highest BCUT2D eigenvalue weighted by molar-refractivity contribution is 5.86. The topological polar surface area (TPSA) is 77.8 Å². The van der Waals surface area contributed by atoms with Gasteiger partial charge in [-0.2, -0.15) is 0 Å². The summed E-state index contributed by atoms with van der Waals surface area (Å²) in [5.41, 5.74) is -0.795. The average Bonchev–Trinajstić information content (AvgIpc) is 2.68. The molecule has 2 aliphatic rings. The van der Waals surface area contributed by atoms with Crippen molar-refractivity contribution in [1.29, 1.82) is 0 Å². The molecule has 0 aromatic rings. The number of hydrogen-bond donors (Lipinski definition) is 2. The molecule has 18 heavy (non-hydrogen) atoms. The third-order valence-corrected chi connectivity index (χ3v) is 4.25. The van der Waals surface area contributed by atoms with Crippen LogP contribution in [0, 0.1) is 17.8 Å². The Labute approximate surface area is 107 Å². The number of aliphatic carboxylic acids is 1. The number of rotatable bonds is 3. The van der Waals surface area contributed by atoms with Gasteiger partial charge in [-0.25, -0.2) is 0 Å². The molecule has 0 aromatic carbocycles. The van der Waals surface area contributed by atoms with Crippen LogP contribution in [-0.4, -0.2) is 45.7 Å². The van der Waals surface area contributed by atoms with Crippen molar-refractivity contribution < 1.29 is 19.8 Å². The SMILES string of the molecule is CCC1CC(C(=O)O)C(C(=O)N2CC(C)(O)C2)C1. The Hall–Kier alpha value is -1.10. The van der Waals surface area contributed by atoms with Crippen molar-refractivity contribution >= 4 is 11.9 Å². The molecule has 0 aromatic heterocycles. The molecule has 0 spiro atoms. The molecule has 0 radical (unpaired) electrons. The van der Waals surface area contributed by atoms with Crippen molar-refractivity contribution in [1.82, 2.24) is 4.90 Å². The number of amides is 1. The van der Waals surface area contributed by atoms with Gasteiger partial charge < -0.3 is 15.1 Å². The van der Waals surface area contributed by atoms with Gasteiger partial charge in [0.25, 0.3) is 0 Å². The summed E-state index contributed by atoms with van der Waals surface area (Å²) in [5.74, 6) is -1.57. The fourth-order valence-electron chi connectivity index (χ4n) is 3.19. The van der Waals surface area contributed by atoms with Crippen LogP contribution < -0.4 is 0 Å². The van der Waals surface area contributed by atoms with Gasteiger partial charge in [-0.05, 0) is 25.7 Å². The fourth-order valence-corrected chi connectivity index (χ4v) is 3.19. The maximum Gasteiger partial charge on any atom is 0.307 e. The Bertz CT molecular complexity index is 358.